The number of carbonyl (C=O) groups excluding carboxylic acids is 1. The van der Waals surface area contributed by atoms with Gasteiger partial charge in [0.1, 0.15) is 11.4 Å². The normalized spacial score (nSPS) is 12.2. The van der Waals surface area contributed by atoms with Gasteiger partial charge in [-0.3, -0.25) is 4.79 Å². The minimum Gasteiger partial charge on any atom is -0.463 e. The van der Waals surface area contributed by atoms with Gasteiger partial charge >= 0.3 is 0 Å². The van der Waals surface area contributed by atoms with Gasteiger partial charge in [0.05, 0.1) is 12.0 Å². The minimum absolute atomic E-state index is 0.0986. The molecule has 3 rings (SSSR count). The van der Waals surface area contributed by atoms with Gasteiger partial charge in [-0.2, -0.15) is 5.10 Å². The van der Waals surface area contributed by atoms with E-state index in [1.165, 1.54) is 0 Å². The van der Waals surface area contributed by atoms with Crippen LogP contribution < -0.4 is 5.32 Å². The van der Waals surface area contributed by atoms with E-state index in [4.69, 9.17) is 4.42 Å². The second kappa shape index (κ2) is 6.97. The molecule has 1 N–H and O–H groups in total. The molecule has 0 saturated heterocycles. The molecule has 5 nitrogen and oxygen atoms in total. The number of amides is 1. The molecule has 0 bridgehead atoms. The SMILES string of the molecule is CCC(C)NC(=O)c1cc(-c2ccco2)nn1-c1cc(C)ccc1C. The zero-order valence-corrected chi connectivity index (χ0v) is 15.0. The van der Waals surface area contributed by atoms with Gasteiger partial charge in [0.25, 0.3) is 5.91 Å². The van der Waals surface area contributed by atoms with E-state index in [1.807, 2.05) is 52.0 Å². The first kappa shape index (κ1) is 17.0. The van der Waals surface area contributed by atoms with E-state index in [2.05, 4.69) is 16.5 Å². The average molecular weight is 337 g/mol. The quantitative estimate of drug-likeness (QED) is 0.756. The third kappa shape index (κ3) is 3.50. The lowest BCUT2D eigenvalue weighted by Crippen LogP contribution is -2.33. The summed E-state index contributed by atoms with van der Waals surface area (Å²) in [6.07, 6.45) is 2.47. The zero-order chi connectivity index (χ0) is 18.0. The molecule has 1 atom stereocenters. The van der Waals surface area contributed by atoms with E-state index in [0.29, 0.717) is 17.1 Å². The molecule has 25 heavy (non-hydrogen) atoms. The summed E-state index contributed by atoms with van der Waals surface area (Å²) in [6, 6.07) is 11.6. The summed E-state index contributed by atoms with van der Waals surface area (Å²) in [4.78, 5) is 12.8. The van der Waals surface area contributed by atoms with Crippen molar-refractivity contribution < 1.29 is 9.21 Å². The lowest BCUT2D eigenvalue weighted by atomic mass is 10.1. The summed E-state index contributed by atoms with van der Waals surface area (Å²) in [7, 11) is 0. The number of hydrogen-bond acceptors (Lipinski definition) is 3. The van der Waals surface area contributed by atoms with Gasteiger partial charge in [-0.25, -0.2) is 4.68 Å². The van der Waals surface area contributed by atoms with E-state index >= 15 is 0 Å². The first-order valence-corrected chi connectivity index (χ1v) is 8.52. The number of aryl methyl sites for hydroxylation is 2. The molecule has 2 aromatic heterocycles. The van der Waals surface area contributed by atoms with Crippen LogP contribution in [0.2, 0.25) is 0 Å². The molecule has 1 unspecified atom stereocenters. The van der Waals surface area contributed by atoms with E-state index in [1.54, 1.807) is 17.0 Å². The van der Waals surface area contributed by atoms with E-state index in [9.17, 15) is 4.79 Å². The van der Waals surface area contributed by atoms with E-state index < -0.39 is 0 Å². The summed E-state index contributed by atoms with van der Waals surface area (Å²) in [5, 5.41) is 7.66. The highest BCUT2D eigenvalue weighted by molar-refractivity contribution is 5.94. The van der Waals surface area contributed by atoms with Crippen LogP contribution in [-0.4, -0.2) is 21.7 Å². The molecule has 0 aliphatic rings. The van der Waals surface area contributed by atoms with Crippen LogP contribution in [0.4, 0.5) is 0 Å². The second-order valence-corrected chi connectivity index (χ2v) is 6.38. The third-order valence-electron chi connectivity index (χ3n) is 4.30. The van der Waals surface area contributed by atoms with Crippen LogP contribution in [0.15, 0.2) is 47.1 Å². The molecule has 2 heterocycles. The lowest BCUT2D eigenvalue weighted by molar-refractivity contribution is 0.0931. The second-order valence-electron chi connectivity index (χ2n) is 6.38. The predicted molar refractivity (Wildman–Crippen MR) is 98.0 cm³/mol. The van der Waals surface area contributed by atoms with Crippen molar-refractivity contribution in [2.24, 2.45) is 0 Å². The van der Waals surface area contributed by atoms with Crippen molar-refractivity contribution in [3.8, 4) is 17.1 Å². The average Bonchev–Trinajstić information content (AvgIpc) is 3.25. The minimum atomic E-state index is -0.138. The Morgan fingerprint density at radius 3 is 2.76 bits per heavy atom. The van der Waals surface area contributed by atoms with Gasteiger partial charge in [0.2, 0.25) is 0 Å². The zero-order valence-electron chi connectivity index (χ0n) is 15.0. The smallest absolute Gasteiger partial charge is 0.270 e. The number of aromatic nitrogens is 2. The van der Waals surface area contributed by atoms with Gasteiger partial charge in [0, 0.05) is 12.1 Å². The number of nitrogens with one attached hydrogen (secondary N) is 1. The van der Waals surface area contributed by atoms with Crippen LogP contribution in [0.1, 0.15) is 41.9 Å². The van der Waals surface area contributed by atoms with Crippen LogP contribution in [0.5, 0.6) is 0 Å². The maximum atomic E-state index is 12.8. The van der Waals surface area contributed by atoms with Gasteiger partial charge in [0.15, 0.2) is 5.76 Å². The predicted octanol–water partition coefficient (Wildman–Crippen LogP) is 4.28. The fourth-order valence-corrected chi connectivity index (χ4v) is 2.62. The molecule has 130 valence electrons. The largest absolute Gasteiger partial charge is 0.463 e. The Balaban J connectivity index is 2.12. The summed E-state index contributed by atoms with van der Waals surface area (Å²) in [5.74, 6) is 0.502. The Kier molecular flexibility index (Phi) is 4.74. The molecule has 3 aromatic rings. The van der Waals surface area contributed by atoms with Crippen molar-refractivity contribution in [2.75, 3.05) is 0 Å². The number of carbonyl (C=O) groups is 1. The fraction of sp³-hybridized carbons (Fsp3) is 0.300. The number of rotatable bonds is 5. The highest BCUT2D eigenvalue weighted by atomic mass is 16.3. The molecule has 0 aliphatic heterocycles. The number of furan rings is 1. The van der Waals surface area contributed by atoms with Crippen LogP contribution >= 0.6 is 0 Å². The van der Waals surface area contributed by atoms with Gasteiger partial charge < -0.3 is 9.73 Å². The molecule has 1 amide bonds. The Hall–Kier alpha value is -2.82. The molecular weight excluding hydrogens is 314 g/mol. The van der Waals surface area contributed by atoms with Crippen molar-refractivity contribution >= 4 is 5.91 Å². The highest BCUT2D eigenvalue weighted by Crippen LogP contribution is 2.24. The van der Waals surface area contributed by atoms with Gasteiger partial charge in [-0.1, -0.05) is 19.1 Å². The first-order chi connectivity index (χ1) is 12.0. The van der Waals surface area contributed by atoms with Crippen LogP contribution in [0, 0.1) is 13.8 Å². The Morgan fingerprint density at radius 2 is 2.08 bits per heavy atom. The maximum Gasteiger partial charge on any atom is 0.270 e. The maximum absolute atomic E-state index is 12.8. The summed E-state index contributed by atoms with van der Waals surface area (Å²) >= 11 is 0. The van der Waals surface area contributed by atoms with Crippen molar-refractivity contribution in [1.82, 2.24) is 15.1 Å². The number of nitrogens with zero attached hydrogens (tertiary/aromatic N) is 2. The van der Waals surface area contributed by atoms with Crippen LogP contribution in [-0.2, 0) is 0 Å². The summed E-state index contributed by atoms with van der Waals surface area (Å²) in [5.41, 5.74) is 4.20. The van der Waals surface area contributed by atoms with Crippen LogP contribution in [0.3, 0.4) is 0 Å². The molecule has 0 radical (unpaired) electrons. The third-order valence-corrected chi connectivity index (χ3v) is 4.30. The summed E-state index contributed by atoms with van der Waals surface area (Å²) in [6.45, 7) is 8.07. The van der Waals surface area contributed by atoms with Crippen molar-refractivity contribution in [3.63, 3.8) is 0 Å². The molecule has 0 aliphatic carbocycles. The highest BCUT2D eigenvalue weighted by Gasteiger charge is 2.20. The van der Waals surface area contributed by atoms with Crippen molar-refractivity contribution in [1.29, 1.82) is 0 Å². The monoisotopic (exact) mass is 337 g/mol. The van der Waals surface area contributed by atoms with Crippen molar-refractivity contribution in [3.05, 3.63) is 59.5 Å². The van der Waals surface area contributed by atoms with Crippen molar-refractivity contribution in [2.45, 2.75) is 40.2 Å². The van der Waals surface area contributed by atoms with Gasteiger partial charge in [-0.05, 0) is 56.5 Å². The molecule has 5 heteroatoms. The molecule has 0 spiro atoms. The molecular formula is C20H23N3O2. The standard InChI is InChI=1S/C20H23N3O2/c1-5-15(4)21-20(24)18-12-16(19-7-6-10-25-19)22-23(18)17-11-13(2)8-9-14(17)3/h6-12,15H,5H2,1-4H3,(H,21,24). The Bertz CT molecular complexity index is 878. The Labute approximate surface area is 147 Å². The Morgan fingerprint density at radius 1 is 1.28 bits per heavy atom. The molecule has 1 aromatic carbocycles. The number of benzene rings is 1. The van der Waals surface area contributed by atoms with E-state index in [0.717, 1.165) is 23.2 Å². The fourth-order valence-electron chi connectivity index (χ4n) is 2.62. The topological polar surface area (TPSA) is 60.1 Å². The molecule has 0 saturated carbocycles. The van der Waals surface area contributed by atoms with E-state index in [-0.39, 0.29) is 11.9 Å². The summed E-state index contributed by atoms with van der Waals surface area (Å²) < 4.78 is 7.16. The lowest BCUT2D eigenvalue weighted by Gasteiger charge is -2.14. The first-order valence-electron chi connectivity index (χ1n) is 8.52. The van der Waals surface area contributed by atoms with Gasteiger partial charge in [-0.15, -0.1) is 0 Å². The molecule has 0 fully saturated rings. The number of hydrogen-bond donors (Lipinski definition) is 1. The van der Waals surface area contributed by atoms with Crippen LogP contribution in [0.25, 0.3) is 17.1 Å².